The molecule has 2 N–H and O–H groups in total. The second-order valence-corrected chi connectivity index (χ2v) is 7.51. The second-order valence-electron chi connectivity index (χ2n) is 7.51. The molecule has 0 aliphatic carbocycles. The van der Waals surface area contributed by atoms with Gasteiger partial charge in [0.25, 0.3) is 17.7 Å². The van der Waals surface area contributed by atoms with E-state index in [1.807, 2.05) is 30.3 Å². The normalized spacial score (nSPS) is 13.4. The summed E-state index contributed by atoms with van der Waals surface area (Å²) in [5.74, 6) is -1.73. The molecule has 3 aromatic rings. The zero-order valence-electron chi connectivity index (χ0n) is 17.7. The number of nitrogens with one attached hydrogen (secondary N) is 2. The summed E-state index contributed by atoms with van der Waals surface area (Å²) in [7, 11) is 0. The van der Waals surface area contributed by atoms with Crippen molar-refractivity contribution in [3.63, 3.8) is 0 Å². The van der Waals surface area contributed by atoms with Gasteiger partial charge < -0.3 is 10.6 Å². The number of carbonyl (C=O) groups is 4. The van der Waals surface area contributed by atoms with E-state index in [9.17, 15) is 19.2 Å². The molecule has 1 atom stereocenters. The highest BCUT2D eigenvalue weighted by molar-refractivity contribution is 6.22. The van der Waals surface area contributed by atoms with Gasteiger partial charge in [0.05, 0.1) is 11.1 Å². The standard InChI is InChI=1S/C25H22N4O4/c30-22(18-10-12-26-13-11-18)27-14-15-28-23(31)21(16-17-6-2-1-3-7-17)29-24(32)19-8-4-5-9-20(19)25(29)33/h1-13,21H,14-16H2,(H,27,30)(H,28,31). The Morgan fingerprint density at radius 1 is 0.788 bits per heavy atom. The van der Waals surface area contributed by atoms with Crippen LogP contribution in [0, 0.1) is 0 Å². The summed E-state index contributed by atoms with van der Waals surface area (Å²) >= 11 is 0. The van der Waals surface area contributed by atoms with Gasteiger partial charge in [-0.3, -0.25) is 29.1 Å². The molecule has 0 fully saturated rings. The first kappa shape index (κ1) is 21.9. The minimum atomic E-state index is -1.02. The third-order valence-corrected chi connectivity index (χ3v) is 5.36. The number of rotatable bonds is 8. The van der Waals surface area contributed by atoms with E-state index in [1.54, 1.807) is 36.4 Å². The van der Waals surface area contributed by atoms with Gasteiger partial charge >= 0.3 is 0 Å². The predicted octanol–water partition coefficient (Wildman–Crippen LogP) is 1.84. The van der Waals surface area contributed by atoms with E-state index < -0.39 is 23.8 Å². The van der Waals surface area contributed by atoms with Crippen LogP contribution in [-0.2, 0) is 11.2 Å². The molecule has 8 heteroatoms. The summed E-state index contributed by atoms with van der Waals surface area (Å²) in [6, 6.07) is 17.9. The molecule has 2 heterocycles. The fourth-order valence-corrected chi connectivity index (χ4v) is 3.71. The Kier molecular flexibility index (Phi) is 6.54. The lowest BCUT2D eigenvalue weighted by Crippen LogP contribution is -2.51. The molecule has 0 saturated carbocycles. The number of fused-ring (bicyclic) bond motifs is 1. The molecular formula is C25H22N4O4. The van der Waals surface area contributed by atoms with Crippen LogP contribution in [0.25, 0.3) is 0 Å². The first-order chi connectivity index (χ1) is 16.1. The number of carbonyl (C=O) groups excluding carboxylic acids is 4. The molecule has 8 nitrogen and oxygen atoms in total. The first-order valence-electron chi connectivity index (χ1n) is 10.5. The fourth-order valence-electron chi connectivity index (χ4n) is 3.71. The number of imide groups is 1. The van der Waals surface area contributed by atoms with Gasteiger partial charge in [0.2, 0.25) is 5.91 Å². The van der Waals surface area contributed by atoms with Crippen LogP contribution in [-0.4, -0.2) is 52.6 Å². The van der Waals surface area contributed by atoms with Crippen molar-refractivity contribution < 1.29 is 19.2 Å². The molecule has 0 radical (unpaired) electrons. The maximum absolute atomic E-state index is 13.1. The molecule has 33 heavy (non-hydrogen) atoms. The van der Waals surface area contributed by atoms with Crippen LogP contribution < -0.4 is 10.6 Å². The molecule has 1 aliphatic heterocycles. The summed E-state index contributed by atoms with van der Waals surface area (Å²) in [6.07, 6.45) is 3.22. The lowest BCUT2D eigenvalue weighted by atomic mass is 10.0. The molecule has 1 unspecified atom stereocenters. The topological polar surface area (TPSA) is 108 Å². The van der Waals surface area contributed by atoms with Crippen LogP contribution in [0.4, 0.5) is 0 Å². The number of aromatic nitrogens is 1. The van der Waals surface area contributed by atoms with Crippen molar-refractivity contribution in [2.24, 2.45) is 0 Å². The molecule has 1 aliphatic rings. The summed E-state index contributed by atoms with van der Waals surface area (Å²) in [5.41, 5.74) is 1.86. The van der Waals surface area contributed by atoms with Crippen molar-refractivity contribution in [2.75, 3.05) is 13.1 Å². The first-order valence-corrected chi connectivity index (χ1v) is 10.5. The monoisotopic (exact) mass is 442 g/mol. The fraction of sp³-hybridized carbons (Fsp3) is 0.160. The minimum absolute atomic E-state index is 0.143. The molecule has 4 amide bonds. The molecular weight excluding hydrogens is 420 g/mol. The van der Waals surface area contributed by atoms with E-state index >= 15 is 0 Å². The average Bonchev–Trinajstić information content (AvgIpc) is 3.11. The van der Waals surface area contributed by atoms with Crippen molar-refractivity contribution in [1.29, 1.82) is 0 Å². The Balaban J connectivity index is 1.45. The molecule has 2 aromatic carbocycles. The molecule has 0 bridgehead atoms. The number of benzene rings is 2. The van der Waals surface area contributed by atoms with E-state index in [-0.39, 0.29) is 36.5 Å². The maximum atomic E-state index is 13.1. The third kappa shape index (κ3) is 4.79. The third-order valence-electron chi connectivity index (χ3n) is 5.36. The van der Waals surface area contributed by atoms with Gasteiger partial charge in [-0.1, -0.05) is 42.5 Å². The van der Waals surface area contributed by atoms with Gasteiger partial charge in [0.1, 0.15) is 6.04 Å². The minimum Gasteiger partial charge on any atom is -0.353 e. The summed E-state index contributed by atoms with van der Waals surface area (Å²) in [6.45, 7) is 0.331. The number of amides is 4. The molecule has 0 saturated heterocycles. The smallest absolute Gasteiger partial charge is 0.262 e. The largest absolute Gasteiger partial charge is 0.353 e. The number of nitrogens with zero attached hydrogens (tertiary/aromatic N) is 2. The molecule has 166 valence electrons. The number of pyridine rings is 1. The SMILES string of the molecule is O=C(NCCNC(=O)C(Cc1ccccc1)N1C(=O)c2ccccc2C1=O)c1ccncc1. The van der Waals surface area contributed by atoms with E-state index in [0.717, 1.165) is 10.5 Å². The average molecular weight is 442 g/mol. The van der Waals surface area contributed by atoms with Gasteiger partial charge in [0.15, 0.2) is 0 Å². The molecule has 4 rings (SSSR count). The highest BCUT2D eigenvalue weighted by Gasteiger charge is 2.42. The Hall–Kier alpha value is -4.33. The van der Waals surface area contributed by atoms with Crippen LogP contribution in [0.3, 0.4) is 0 Å². The van der Waals surface area contributed by atoms with Crippen LogP contribution >= 0.6 is 0 Å². The zero-order valence-corrected chi connectivity index (χ0v) is 17.7. The van der Waals surface area contributed by atoms with Crippen molar-refractivity contribution in [1.82, 2.24) is 20.5 Å². The summed E-state index contributed by atoms with van der Waals surface area (Å²) in [4.78, 5) is 56.1. The van der Waals surface area contributed by atoms with Crippen LogP contribution in [0.15, 0.2) is 79.1 Å². The highest BCUT2D eigenvalue weighted by atomic mass is 16.2. The van der Waals surface area contributed by atoms with E-state index in [0.29, 0.717) is 5.56 Å². The molecule has 0 spiro atoms. The summed E-state index contributed by atoms with van der Waals surface area (Å²) in [5, 5.41) is 5.46. The van der Waals surface area contributed by atoms with Gasteiger partial charge in [-0.25, -0.2) is 0 Å². The predicted molar refractivity (Wildman–Crippen MR) is 120 cm³/mol. The van der Waals surface area contributed by atoms with Crippen molar-refractivity contribution in [3.8, 4) is 0 Å². The van der Waals surface area contributed by atoms with Crippen molar-refractivity contribution in [3.05, 3.63) is 101 Å². The zero-order chi connectivity index (χ0) is 23.2. The second kappa shape index (κ2) is 9.86. The van der Waals surface area contributed by atoms with E-state index in [4.69, 9.17) is 0 Å². The number of hydrogen-bond donors (Lipinski definition) is 2. The number of hydrogen-bond acceptors (Lipinski definition) is 5. The lowest BCUT2D eigenvalue weighted by molar-refractivity contribution is -0.125. The van der Waals surface area contributed by atoms with Crippen LogP contribution in [0.5, 0.6) is 0 Å². The van der Waals surface area contributed by atoms with Crippen LogP contribution in [0.2, 0.25) is 0 Å². The Labute approximate surface area is 190 Å². The summed E-state index contributed by atoms with van der Waals surface area (Å²) < 4.78 is 0. The van der Waals surface area contributed by atoms with Gasteiger partial charge in [-0.15, -0.1) is 0 Å². The lowest BCUT2D eigenvalue weighted by Gasteiger charge is -2.25. The Bertz CT molecular complexity index is 1150. The van der Waals surface area contributed by atoms with Gasteiger partial charge in [-0.2, -0.15) is 0 Å². The van der Waals surface area contributed by atoms with E-state index in [2.05, 4.69) is 15.6 Å². The van der Waals surface area contributed by atoms with Gasteiger partial charge in [0, 0.05) is 37.5 Å². The Morgan fingerprint density at radius 2 is 1.36 bits per heavy atom. The Morgan fingerprint density at radius 3 is 2.00 bits per heavy atom. The van der Waals surface area contributed by atoms with Crippen LogP contribution in [0.1, 0.15) is 36.6 Å². The van der Waals surface area contributed by atoms with Crippen molar-refractivity contribution in [2.45, 2.75) is 12.5 Å². The van der Waals surface area contributed by atoms with Crippen molar-refractivity contribution >= 4 is 23.6 Å². The van der Waals surface area contributed by atoms with Gasteiger partial charge in [-0.05, 0) is 29.8 Å². The maximum Gasteiger partial charge on any atom is 0.262 e. The quantitative estimate of drug-likeness (QED) is 0.409. The van der Waals surface area contributed by atoms with E-state index in [1.165, 1.54) is 12.4 Å². The highest BCUT2D eigenvalue weighted by Crippen LogP contribution is 2.26. The molecule has 1 aromatic heterocycles.